The molecule has 0 bridgehead atoms. The molecular formula is C26H23NO2S. The molecule has 0 aliphatic carbocycles. The molecule has 0 fully saturated rings. The maximum absolute atomic E-state index is 13.0. The quantitative estimate of drug-likeness (QED) is 0.363. The number of hydrogen-bond acceptors (Lipinski definition) is 3. The number of carbonyl (C=O) groups excluding carboxylic acids is 1. The van der Waals surface area contributed by atoms with E-state index in [1.54, 1.807) is 11.8 Å². The molecule has 4 rings (SSSR count). The van der Waals surface area contributed by atoms with Crippen molar-refractivity contribution in [2.75, 3.05) is 5.32 Å². The normalized spacial score (nSPS) is 11.8. The lowest BCUT2D eigenvalue weighted by Gasteiger charge is -2.19. The molecule has 4 aromatic rings. The minimum atomic E-state index is -0.569. The Morgan fingerprint density at radius 3 is 2.37 bits per heavy atom. The highest BCUT2D eigenvalue weighted by Crippen LogP contribution is 2.33. The molecule has 0 unspecified atom stereocenters. The Balaban J connectivity index is 1.49. The summed E-state index contributed by atoms with van der Waals surface area (Å²) in [6.45, 7) is 1.95. The van der Waals surface area contributed by atoms with Gasteiger partial charge in [-0.15, -0.1) is 0 Å². The van der Waals surface area contributed by atoms with E-state index in [4.69, 9.17) is 4.74 Å². The fraction of sp³-hybridized carbons (Fsp3) is 0.115. The van der Waals surface area contributed by atoms with Crippen LogP contribution in [0.5, 0.6) is 5.75 Å². The predicted octanol–water partition coefficient (Wildman–Crippen LogP) is 6.79. The summed E-state index contributed by atoms with van der Waals surface area (Å²) in [4.78, 5) is 15.1. The average Bonchev–Trinajstić information content (AvgIpc) is 2.79. The van der Waals surface area contributed by atoms with Crippen molar-refractivity contribution in [1.29, 1.82) is 0 Å². The second-order valence-corrected chi connectivity index (χ2v) is 8.04. The van der Waals surface area contributed by atoms with Gasteiger partial charge in [0.2, 0.25) is 0 Å². The molecule has 4 heteroatoms. The van der Waals surface area contributed by atoms with E-state index in [1.165, 1.54) is 0 Å². The van der Waals surface area contributed by atoms with Crippen LogP contribution in [0, 0.1) is 0 Å². The van der Waals surface area contributed by atoms with E-state index in [0.717, 1.165) is 26.3 Å². The fourth-order valence-corrected chi connectivity index (χ4v) is 4.14. The molecule has 0 aliphatic heterocycles. The third kappa shape index (κ3) is 4.84. The maximum atomic E-state index is 13.0. The maximum Gasteiger partial charge on any atom is 0.265 e. The summed E-state index contributed by atoms with van der Waals surface area (Å²) in [6, 6.07) is 32.0. The minimum absolute atomic E-state index is 0.147. The van der Waals surface area contributed by atoms with Gasteiger partial charge in [-0.25, -0.2) is 0 Å². The minimum Gasteiger partial charge on any atom is -0.481 e. The molecule has 1 N–H and O–H groups in total. The van der Waals surface area contributed by atoms with E-state index in [-0.39, 0.29) is 5.91 Å². The van der Waals surface area contributed by atoms with Gasteiger partial charge in [0.05, 0.1) is 5.69 Å². The number of carbonyl (C=O) groups is 1. The van der Waals surface area contributed by atoms with Crippen molar-refractivity contribution in [2.45, 2.75) is 29.2 Å². The Morgan fingerprint density at radius 1 is 0.867 bits per heavy atom. The number of anilines is 1. The van der Waals surface area contributed by atoms with Gasteiger partial charge in [0.1, 0.15) is 5.75 Å². The van der Waals surface area contributed by atoms with Crippen molar-refractivity contribution >= 4 is 34.1 Å². The van der Waals surface area contributed by atoms with Crippen molar-refractivity contribution in [3.8, 4) is 5.75 Å². The molecule has 4 aromatic carbocycles. The molecule has 0 heterocycles. The lowest BCUT2D eigenvalue weighted by molar-refractivity contribution is -0.122. The van der Waals surface area contributed by atoms with Crippen LogP contribution < -0.4 is 10.1 Å². The summed E-state index contributed by atoms with van der Waals surface area (Å²) in [6.07, 6.45) is 0.00748. The molecule has 0 spiro atoms. The van der Waals surface area contributed by atoms with Gasteiger partial charge >= 0.3 is 0 Å². The molecular weight excluding hydrogens is 390 g/mol. The Labute approximate surface area is 181 Å². The smallest absolute Gasteiger partial charge is 0.265 e. The Morgan fingerprint density at radius 2 is 1.57 bits per heavy atom. The number of rotatable bonds is 7. The van der Waals surface area contributed by atoms with Crippen molar-refractivity contribution in [3.05, 3.63) is 97.1 Å². The van der Waals surface area contributed by atoms with E-state index in [1.807, 2.05) is 85.8 Å². The highest BCUT2D eigenvalue weighted by atomic mass is 32.2. The number of benzene rings is 4. The molecule has 0 saturated heterocycles. The van der Waals surface area contributed by atoms with Gasteiger partial charge in [0.15, 0.2) is 6.10 Å². The number of amides is 1. The Kier molecular flexibility index (Phi) is 6.35. The highest BCUT2D eigenvalue weighted by Gasteiger charge is 2.20. The summed E-state index contributed by atoms with van der Waals surface area (Å²) < 4.78 is 6.05. The van der Waals surface area contributed by atoms with E-state index in [9.17, 15) is 4.79 Å². The van der Waals surface area contributed by atoms with Crippen LogP contribution in [0.25, 0.3) is 10.8 Å². The summed E-state index contributed by atoms with van der Waals surface area (Å²) >= 11 is 1.63. The number of hydrogen-bond donors (Lipinski definition) is 1. The molecule has 1 atom stereocenters. The number of para-hydroxylation sites is 1. The third-order valence-corrected chi connectivity index (χ3v) is 5.86. The van der Waals surface area contributed by atoms with Crippen molar-refractivity contribution in [3.63, 3.8) is 0 Å². The molecule has 3 nitrogen and oxygen atoms in total. The molecule has 30 heavy (non-hydrogen) atoms. The zero-order valence-corrected chi connectivity index (χ0v) is 17.6. The van der Waals surface area contributed by atoms with Gasteiger partial charge in [-0.05, 0) is 53.6 Å². The first-order chi connectivity index (χ1) is 14.7. The topological polar surface area (TPSA) is 38.3 Å². The van der Waals surface area contributed by atoms with E-state index in [2.05, 4.69) is 23.5 Å². The molecule has 1 amide bonds. The SMILES string of the molecule is CC[C@@H](Oc1ccc2ccccc2c1)C(=O)Nc1ccccc1Sc1ccccc1. The summed E-state index contributed by atoms with van der Waals surface area (Å²) in [5.74, 6) is 0.550. The van der Waals surface area contributed by atoms with Gasteiger partial charge in [0, 0.05) is 9.79 Å². The second kappa shape index (κ2) is 9.51. The van der Waals surface area contributed by atoms with Crippen LogP contribution in [0.3, 0.4) is 0 Å². The summed E-state index contributed by atoms with van der Waals surface area (Å²) in [5, 5.41) is 5.29. The van der Waals surface area contributed by atoms with Crippen molar-refractivity contribution in [2.24, 2.45) is 0 Å². The van der Waals surface area contributed by atoms with Crippen molar-refractivity contribution < 1.29 is 9.53 Å². The largest absolute Gasteiger partial charge is 0.481 e. The number of ether oxygens (including phenoxy) is 1. The van der Waals surface area contributed by atoms with Crippen LogP contribution in [-0.4, -0.2) is 12.0 Å². The first-order valence-electron chi connectivity index (χ1n) is 10.0. The summed E-state index contributed by atoms with van der Waals surface area (Å²) in [7, 11) is 0. The fourth-order valence-electron chi connectivity index (χ4n) is 3.21. The molecule has 150 valence electrons. The molecule has 0 aliphatic rings. The Bertz CT molecular complexity index is 1140. The predicted molar refractivity (Wildman–Crippen MR) is 124 cm³/mol. The monoisotopic (exact) mass is 413 g/mol. The van der Waals surface area contributed by atoms with Crippen LogP contribution in [0.15, 0.2) is 107 Å². The van der Waals surface area contributed by atoms with E-state index < -0.39 is 6.10 Å². The van der Waals surface area contributed by atoms with Gasteiger partial charge in [-0.3, -0.25) is 4.79 Å². The van der Waals surface area contributed by atoms with Crippen LogP contribution >= 0.6 is 11.8 Å². The lowest BCUT2D eigenvalue weighted by atomic mass is 10.1. The Hall–Kier alpha value is -3.24. The van der Waals surface area contributed by atoms with Crippen molar-refractivity contribution in [1.82, 2.24) is 0 Å². The molecule has 0 radical (unpaired) electrons. The van der Waals surface area contributed by atoms with Gasteiger partial charge in [0.25, 0.3) is 5.91 Å². The lowest BCUT2D eigenvalue weighted by Crippen LogP contribution is -2.32. The first kappa shape index (κ1) is 20.0. The van der Waals surface area contributed by atoms with E-state index in [0.29, 0.717) is 12.2 Å². The third-order valence-electron chi connectivity index (χ3n) is 4.78. The molecule has 0 saturated carbocycles. The first-order valence-corrected chi connectivity index (χ1v) is 10.8. The second-order valence-electron chi connectivity index (χ2n) is 6.92. The summed E-state index contributed by atoms with van der Waals surface area (Å²) in [5.41, 5.74) is 0.789. The standard InChI is InChI=1S/C26H23NO2S/c1-2-24(29-21-17-16-19-10-6-7-11-20(19)18-21)26(28)27-23-14-8-9-15-25(23)30-22-12-4-3-5-13-22/h3-18,24H,2H2,1H3,(H,27,28)/t24-/m1/s1. The zero-order valence-electron chi connectivity index (χ0n) is 16.7. The highest BCUT2D eigenvalue weighted by molar-refractivity contribution is 7.99. The van der Waals surface area contributed by atoms with Gasteiger partial charge < -0.3 is 10.1 Å². The van der Waals surface area contributed by atoms with Crippen LogP contribution in [-0.2, 0) is 4.79 Å². The number of nitrogens with one attached hydrogen (secondary N) is 1. The van der Waals surface area contributed by atoms with Gasteiger partial charge in [-0.1, -0.05) is 79.3 Å². The van der Waals surface area contributed by atoms with Crippen LogP contribution in [0.4, 0.5) is 5.69 Å². The van der Waals surface area contributed by atoms with E-state index >= 15 is 0 Å². The zero-order chi connectivity index (χ0) is 20.8. The van der Waals surface area contributed by atoms with Crippen LogP contribution in [0.2, 0.25) is 0 Å². The number of fused-ring (bicyclic) bond motifs is 1. The van der Waals surface area contributed by atoms with Gasteiger partial charge in [-0.2, -0.15) is 0 Å². The average molecular weight is 414 g/mol. The van der Waals surface area contributed by atoms with Crippen LogP contribution in [0.1, 0.15) is 13.3 Å². The molecule has 0 aromatic heterocycles.